The Bertz CT molecular complexity index is 1020. The second-order valence-electron chi connectivity index (χ2n) is 6.67. The molecule has 5 nitrogen and oxygen atoms in total. The average Bonchev–Trinajstić information content (AvgIpc) is 3.35. The number of nitriles is 1. The third kappa shape index (κ3) is 5.84. The number of ether oxygens (including phenoxy) is 1. The van der Waals surface area contributed by atoms with Crippen LogP contribution in [0.5, 0.6) is 0 Å². The van der Waals surface area contributed by atoms with Crippen molar-refractivity contribution >= 4 is 53.0 Å². The first-order valence-electron chi connectivity index (χ1n) is 9.81. The number of fused-ring (bicyclic) bond motifs is 2. The summed E-state index contributed by atoms with van der Waals surface area (Å²) in [5.41, 5.74) is 0.0570. The van der Waals surface area contributed by atoms with Crippen molar-refractivity contribution in [3.8, 4) is 6.07 Å². The predicted octanol–water partition coefficient (Wildman–Crippen LogP) is 7.69. The van der Waals surface area contributed by atoms with Crippen LogP contribution in [-0.4, -0.2) is 12.6 Å². The fourth-order valence-electron chi connectivity index (χ4n) is 2.89. The van der Waals surface area contributed by atoms with E-state index in [-0.39, 0.29) is 11.4 Å². The lowest BCUT2D eigenvalue weighted by Gasteiger charge is -2.05. The number of esters is 1. The minimum absolute atomic E-state index is 0.0570. The number of hydrogen-bond donors (Lipinski definition) is 0. The van der Waals surface area contributed by atoms with E-state index in [9.17, 15) is 10.1 Å². The molecule has 1 aromatic carbocycles. The summed E-state index contributed by atoms with van der Waals surface area (Å²) >= 11 is 5.64. The highest BCUT2D eigenvalue weighted by Crippen LogP contribution is 2.59. The Morgan fingerprint density at radius 2 is 1.45 bits per heavy atom. The highest BCUT2D eigenvalue weighted by molar-refractivity contribution is 8.25. The van der Waals surface area contributed by atoms with Crippen LogP contribution in [0.25, 0.3) is 9.69 Å². The Hall–Kier alpha value is -1.96. The second-order valence-corrected chi connectivity index (χ2v) is 11.4. The largest absolute Gasteiger partial charge is 0.540 e. The van der Waals surface area contributed by atoms with Crippen LogP contribution in [0.4, 0.5) is 0 Å². The molecule has 0 N–H and O–H groups in total. The zero-order valence-corrected chi connectivity index (χ0v) is 20.2. The lowest BCUT2D eigenvalue weighted by molar-refractivity contribution is -0.138. The van der Waals surface area contributed by atoms with Crippen LogP contribution in [0.1, 0.15) is 45.4 Å². The van der Waals surface area contributed by atoms with Gasteiger partial charge in [0.1, 0.15) is 23.5 Å². The summed E-state index contributed by atoms with van der Waals surface area (Å²) in [5.74, 6) is -0.466. The third-order valence-corrected chi connectivity index (χ3v) is 9.47. The molecule has 0 unspecified atom stereocenters. The Kier molecular flexibility index (Phi) is 8.87. The molecule has 0 fully saturated rings. The number of benzene rings is 1. The van der Waals surface area contributed by atoms with Crippen molar-refractivity contribution in [2.45, 2.75) is 65.0 Å². The molecule has 2 aliphatic rings. The molecule has 0 aliphatic carbocycles. The van der Waals surface area contributed by atoms with E-state index < -0.39 is 5.97 Å². The fourth-order valence-corrected chi connectivity index (χ4v) is 7.92. The van der Waals surface area contributed by atoms with Crippen molar-refractivity contribution in [1.82, 2.24) is 0 Å². The highest BCUT2D eigenvalue weighted by Gasteiger charge is 2.31. The van der Waals surface area contributed by atoms with E-state index in [2.05, 4.69) is 16.6 Å². The highest BCUT2D eigenvalue weighted by atomic mass is 32.2. The van der Waals surface area contributed by atoms with Gasteiger partial charge in [-0.05, 0) is 18.6 Å². The third-order valence-electron chi connectivity index (χ3n) is 4.47. The van der Waals surface area contributed by atoms with Gasteiger partial charge in [0, 0.05) is 19.6 Å². The Balaban J connectivity index is 1.63. The molecule has 0 atom stereocenters. The van der Waals surface area contributed by atoms with Crippen LogP contribution in [0.2, 0.25) is 0 Å². The zero-order valence-electron chi connectivity index (χ0n) is 16.9. The van der Waals surface area contributed by atoms with Gasteiger partial charge in [-0.15, -0.1) is 0 Å². The molecule has 0 bridgehead atoms. The molecule has 0 spiro atoms. The van der Waals surface area contributed by atoms with Gasteiger partial charge in [-0.2, -0.15) is 15.0 Å². The molecular weight excluding hydrogens is 467 g/mol. The lowest BCUT2D eigenvalue weighted by atomic mass is 10.1. The number of hydrogen-bond acceptors (Lipinski definition) is 7. The van der Waals surface area contributed by atoms with E-state index in [1.54, 1.807) is 0 Å². The number of nitrogens with zero attached hydrogens (tertiary/aromatic N) is 3. The predicted molar refractivity (Wildman–Crippen MR) is 127 cm³/mol. The van der Waals surface area contributed by atoms with Crippen LogP contribution in [-0.2, 0) is 9.53 Å². The topological polar surface area (TPSA) is 58.8 Å². The smallest absolute Gasteiger partial charge is 0.462 e. The van der Waals surface area contributed by atoms with Crippen molar-refractivity contribution in [3.63, 3.8) is 0 Å². The van der Waals surface area contributed by atoms with Gasteiger partial charge in [0.2, 0.25) is 0 Å². The maximum Gasteiger partial charge on any atom is 0.540 e. The fraction of sp³-hybridized carbons (Fsp3) is 0.364. The first kappa shape index (κ1) is 23.7. The molecule has 9 heteroatoms. The molecule has 0 amide bonds. The Morgan fingerprint density at radius 3 is 1.97 bits per heavy atom. The van der Waals surface area contributed by atoms with E-state index >= 15 is 0 Å². The molecule has 0 radical (unpaired) electrons. The average molecular weight is 486 g/mol. The zero-order chi connectivity index (χ0) is 22.2. The van der Waals surface area contributed by atoms with Crippen molar-refractivity contribution in [2.24, 2.45) is 0 Å². The number of rotatable bonds is 8. The summed E-state index contributed by atoms with van der Waals surface area (Å²) in [6.07, 6.45) is 6.63. The molecule has 3 rings (SSSR count). The summed E-state index contributed by atoms with van der Waals surface area (Å²) in [6, 6.07) is 6.03. The summed E-state index contributed by atoms with van der Waals surface area (Å²) in [5, 5.41) is 9.55. The number of unbranched alkanes of at least 4 members (excludes halogenated alkanes) is 5. The van der Waals surface area contributed by atoms with Crippen molar-refractivity contribution in [1.29, 1.82) is 5.26 Å². The van der Waals surface area contributed by atoms with E-state index in [1.807, 2.05) is 18.2 Å². The molecule has 0 aromatic heterocycles. The van der Waals surface area contributed by atoms with Crippen LogP contribution < -0.4 is 0 Å². The molecule has 158 valence electrons. The van der Waals surface area contributed by atoms with Gasteiger partial charge in [-0.3, -0.25) is 0 Å². The van der Waals surface area contributed by atoms with Gasteiger partial charge < -0.3 is 4.74 Å². The van der Waals surface area contributed by atoms with E-state index in [4.69, 9.17) is 17.9 Å². The molecule has 2 heterocycles. The van der Waals surface area contributed by atoms with Gasteiger partial charge in [-0.25, -0.2) is 4.79 Å². The van der Waals surface area contributed by atoms with Crippen LogP contribution >= 0.6 is 47.0 Å². The molecule has 1 aromatic rings. The van der Waals surface area contributed by atoms with E-state index in [0.717, 1.165) is 38.8 Å². The summed E-state index contributed by atoms with van der Waals surface area (Å²) < 4.78 is 6.68. The summed E-state index contributed by atoms with van der Waals surface area (Å²) in [6.45, 7) is 16.8. The van der Waals surface area contributed by atoms with Crippen LogP contribution in [0.15, 0.2) is 51.6 Å². The summed E-state index contributed by atoms with van der Waals surface area (Å²) in [4.78, 5) is 22.9. The first-order valence-corrected chi connectivity index (χ1v) is 13.1. The minimum atomic E-state index is -0.556. The standard InChI is InChI=1S/C22H19N3O2S4/c1-4-5-6-7-8-9-10-27-20(26)14(13-23)21-28-15-11-17-18(12-16(15)29-21)31-22(30-17)19(24-2)25-3/h11-12H,4-10H2,1H3. The summed E-state index contributed by atoms with van der Waals surface area (Å²) in [7, 11) is 0. The van der Waals surface area contributed by atoms with E-state index in [0.29, 0.717) is 15.1 Å². The Labute approximate surface area is 199 Å². The maximum atomic E-state index is 12.4. The quantitative estimate of drug-likeness (QED) is 0.123. The van der Waals surface area contributed by atoms with Gasteiger partial charge >= 0.3 is 11.8 Å². The Morgan fingerprint density at radius 1 is 0.935 bits per heavy atom. The SMILES string of the molecule is [C-]#[N+]C([N+]#[C-])=C1Sc2cc3c(cc2S1)SC(=C(C#N)C(=O)OCCCCCCCC)S3. The van der Waals surface area contributed by atoms with Crippen molar-refractivity contribution in [2.75, 3.05) is 6.61 Å². The van der Waals surface area contributed by atoms with Crippen LogP contribution in [0.3, 0.4) is 0 Å². The molecule has 2 aliphatic heterocycles. The number of thioether (sulfide) groups is 4. The molecule has 0 saturated heterocycles. The van der Waals surface area contributed by atoms with E-state index in [1.165, 1.54) is 66.3 Å². The molecule has 0 saturated carbocycles. The van der Waals surface area contributed by atoms with Gasteiger partial charge in [0.25, 0.3) is 0 Å². The van der Waals surface area contributed by atoms with Gasteiger partial charge in [0.15, 0.2) is 5.57 Å². The van der Waals surface area contributed by atoms with Crippen LogP contribution in [0, 0.1) is 24.5 Å². The van der Waals surface area contributed by atoms with Crippen molar-refractivity contribution in [3.05, 3.63) is 54.8 Å². The lowest BCUT2D eigenvalue weighted by Crippen LogP contribution is -2.08. The number of carbonyl (C=O) groups excluding carboxylic acids is 1. The molecular formula is C22H19N3O2S4. The van der Waals surface area contributed by atoms with Gasteiger partial charge in [-0.1, -0.05) is 86.1 Å². The number of carbonyl (C=O) groups is 1. The maximum absolute atomic E-state index is 12.4. The second kappa shape index (κ2) is 11.6. The monoisotopic (exact) mass is 485 g/mol. The molecule has 31 heavy (non-hydrogen) atoms. The first-order chi connectivity index (χ1) is 15.1. The van der Waals surface area contributed by atoms with Crippen molar-refractivity contribution < 1.29 is 9.53 Å². The van der Waals surface area contributed by atoms with Gasteiger partial charge in [0.05, 0.1) is 10.8 Å². The minimum Gasteiger partial charge on any atom is -0.462 e. The normalized spacial score (nSPS) is 13.6.